The van der Waals surface area contributed by atoms with Crippen molar-refractivity contribution in [2.24, 2.45) is 5.41 Å². The van der Waals surface area contributed by atoms with Crippen molar-refractivity contribution >= 4 is 0 Å². The molecule has 0 spiro atoms. The van der Waals surface area contributed by atoms with E-state index in [1.807, 2.05) is 33.0 Å². The van der Waals surface area contributed by atoms with Crippen molar-refractivity contribution in [1.29, 1.82) is 0 Å². The van der Waals surface area contributed by atoms with Crippen LogP contribution in [0.3, 0.4) is 0 Å². The summed E-state index contributed by atoms with van der Waals surface area (Å²) in [6, 6.07) is 3.98. The summed E-state index contributed by atoms with van der Waals surface area (Å²) >= 11 is 0. The van der Waals surface area contributed by atoms with Gasteiger partial charge in [0.25, 0.3) is 0 Å². The standard InChI is InChI=1S/C13H23NO2/c1-10-6-7-12(16-10)8-14(5)9-13(3,4)11(2)15/h6-7,11,15H,8-9H2,1-5H3. The first-order valence-corrected chi connectivity index (χ1v) is 5.73. The molecule has 16 heavy (non-hydrogen) atoms. The molecule has 1 aromatic heterocycles. The van der Waals surface area contributed by atoms with Crippen LogP contribution in [0.25, 0.3) is 0 Å². The Morgan fingerprint density at radius 1 is 1.44 bits per heavy atom. The van der Waals surface area contributed by atoms with E-state index in [0.29, 0.717) is 0 Å². The summed E-state index contributed by atoms with van der Waals surface area (Å²) in [6.45, 7) is 9.55. The van der Waals surface area contributed by atoms with E-state index in [1.165, 1.54) is 0 Å². The average Bonchev–Trinajstić information content (AvgIpc) is 2.49. The highest BCUT2D eigenvalue weighted by Crippen LogP contribution is 2.22. The third kappa shape index (κ3) is 3.65. The van der Waals surface area contributed by atoms with Crippen molar-refractivity contribution in [3.8, 4) is 0 Å². The van der Waals surface area contributed by atoms with Gasteiger partial charge in [0.15, 0.2) is 0 Å². The van der Waals surface area contributed by atoms with Crippen LogP contribution in [-0.2, 0) is 6.54 Å². The lowest BCUT2D eigenvalue weighted by molar-refractivity contribution is 0.0377. The molecule has 0 aromatic carbocycles. The highest BCUT2D eigenvalue weighted by atomic mass is 16.3. The van der Waals surface area contributed by atoms with Gasteiger partial charge in [-0.05, 0) is 33.0 Å². The Morgan fingerprint density at radius 2 is 2.06 bits per heavy atom. The van der Waals surface area contributed by atoms with Crippen molar-refractivity contribution in [3.63, 3.8) is 0 Å². The molecular weight excluding hydrogens is 202 g/mol. The van der Waals surface area contributed by atoms with Crippen molar-refractivity contribution in [2.45, 2.75) is 40.3 Å². The maximum Gasteiger partial charge on any atom is 0.118 e. The summed E-state index contributed by atoms with van der Waals surface area (Å²) < 4.78 is 5.52. The third-order valence-electron chi connectivity index (χ3n) is 3.03. The number of nitrogens with zero attached hydrogens (tertiary/aromatic N) is 1. The van der Waals surface area contributed by atoms with Crippen molar-refractivity contribution in [2.75, 3.05) is 13.6 Å². The highest BCUT2D eigenvalue weighted by molar-refractivity contribution is 5.05. The normalized spacial score (nSPS) is 14.4. The molecule has 0 aliphatic rings. The minimum Gasteiger partial charge on any atom is -0.465 e. The van der Waals surface area contributed by atoms with E-state index in [-0.39, 0.29) is 11.5 Å². The summed E-state index contributed by atoms with van der Waals surface area (Å²) in [7, 11) is 2.04. The number of aliphatic hydroxyl groups excluding tert-OH is 1. The molecule has 0 aliphatic carbocycles. The first kappa shape index (κ1) is 13.3. The SMILES string of the molecule is Cc1ccc(CN(C)CC(C)(C)C(C)O)o1. The van der Waals surface area contributed by atoms with Crippen LogP contribution >= 0.6 is 0 Å². The summed E-state index contributed by atoms with van der Waals surface area (Å²) in [5, 5.41) is 9.65. The fourth-order valence-electron chi connectivity index (χ4n) is 1.72. The van der Waals surface area contributed by atoms with Crippen LogP contribution < -0.4 is 0 Å². The monoisotopic (exact) mass is 225 g/mol. The first-order chi connectivity index (χ1) is 7.31. The molecule has 1 heterocycles. The Kier molecular flexibility index (Phi) is 4.16. The Morgan fingerprint density at radius 3 is 2.50 bits per heavy atom. The van der Waals surface area contributed by atoms with Crippen LogP contribution in [0, 0.1) is 12.3 Å². The second-order valence-corrected chi connectivity index (χ2v) is 5.35. The Hall–Kier alpha value is -0.800. The van der Waals surface area contributed by atoms with E-state index >= 15 is 0 Å². The summed E-state index contributed by atoms with van der Waals surface area (Å²) in [5.41, 5.74) is -0.101. The Labute approximate surface area is 98.1 Å². The third-order valence-corrected chi connectivity index (χ3v) is 3.03. The molecule has 0 saturated carbocycles. The quantitative estimate of drug-likeness (QED) is 0.836. The van der Waals surface area contributed by atoms with Crippen molar-refractivity contribution in [1.82, 2.24) is 4.90 Å². The number of hydrogen-bond acceptors (Lipinski definition) is 3. The van der Waals surface area contributed by atoms with Gasteiger partial charge in [-0.2, -0.15) is 0 Å². The average molecular weight is 225 g/mol. The lowest BCUT2D eigenvalue weighted by Gasteiger charge is -2.32. The molecule has 0 radical (unpaired) electrons. The smallest absolute Gasteiger partial charge is 0.118 e. The molecule has 0 fully saturated rings. The van der Waals surface area contributed by atoms with E-state index < -0.39 is 0 Å². The van der Waals surface area contributed by atoms with Crippen LogP contribution in [0.1, 0.15) is 32.3 Å². The molecule has 0 saturated heterocycles. The van der Waals surface area contributed by atoms with Crippen LogP contribution in [0.4, 0.5) is 0 Å². The summed E-state index contributed by atoms with van der Waals surface area (Å²) in [6.07, 6.45) is -0.312. The van der Waals surface area contributed by atoms with Gasteiger partial charge in [-0.15, -0.1) is 0 Å². The molecule has 0 aliphatic heterocycles. The van der Waals surface area contributed by atoms with Gasteiger partial charge in [0.1, 0.15) is 11.5 Å². The zero-order valence-electron chi connectivity index (χ0n) is 10.9. The maximum atomic E-state index is 9.65. The highest BCUT2D eigenvalue weighted by Gasteiger charge is 2.25. The molecule has 1 aromatic rings. The fraction of sp³-hybridized carbons (Fsp3) is 0.692. The largest absolute Gasteiger partial charge is 0.465 e. The fourth-order valence-corrected chi connectivity index (χ4v) is 1.72. The van der Waals surface area contributed by atoms with Crippen LogP contribution in [0.15, 0.2) is 16.5 Å². The number of furan rings is 1. The maximum absolute atomic E-state index is 9.65. The van der Waals surface area contributed by atoms with E-state index in [9.17, 15) is 5.11 Å². The molecule has 3 heteroatoms. The zero-order chi connectivity index (χ0) is 12.3. The lowest BCUT2D eigenvalue weighted by Crippen LogP contribution is -2.38. The van der Waals surface area contributed by atoms with Gasteiger partial charge in [0.2, 0.25) is 0 Å². The molecule has 0 amide bonds. The predicted octanol–water partition coefficient (Wildman–Crippen LogP) is 2.43. The molecule has 1 atom stereocenters. The predicted molar refractivity (Wildman–Crippen MR) is 65.2 cm³/mol. The van der Waals surface area contributed by atoms with Gasteiger partial charge in [-0.1, -0.05) is 13.8 Å². The van der Waals surface area contributed by atoms with Crippen molar-refractivity contribution in [3.05, 3.63) is 23.7 Å². The minimum absolute atomic E-state index is 0.101. The van der Waals surface area contributed by atoms with Gasteiger partial charge < -0.3 is 9.52 Å². The van der Waals surface area contributed by atoms with E-state index in [4.69, 9.17) is 4.42 Å². The lowest BCUT2D eigenvalue weighted by atomic mass is 9.87. The van der Waals surface area contributed by atoms with Gasteiger partial charge in [0, 0.05) is 12.0 Å². The van der Waals surface area contributed by atoms with E-state index in [2.05, 4.69) is 18.7 Å². The molecular formula is C13H23NO2. The second kappa shape index (κ2) is 5.02. The number of rotatable bonds is 5. The second-order valence-electron chi connectivity index (χ2n) is 5.35. The van der Waals surface area contributed by atoms with Crippen LogP contribution in [0.2, 0.25) is 0 Å². The minimum atomic E-state index is -0.312. The molecule has 3 nitrogen and oxygen atoms in total. The first-order valence-electron chi connectivity index (χ1n) is 5.73. The number of aliphatic hydroxyl groups is 1. The Bertz CT molecular complexity index is 328. The van der Waals surface area contributed by atoms with Gasteiger partial charge in [0.05, 0.1) is 12.6 Å². The molecule has 1 unspecified atom stereocenters. The van der Waals surface area contributed by atoms with Gasteiger partial charge in [-0.25, -0.2) is 0 Å². The molecule has 1 N–H and O–H groups in total. The van der Waals surface area contributed by atoms with Crippen LogP contribution in [0.5, 0.6) is 0 Å². The van der Waals surface area contributed by atoms with E-state index in [1.54, 1.807) is 0 Å². The zero-order valence-corrected chi connectivity index (χ0v) is 10.9. The molecule has 0 bridgehead atoms. The molecule has 1 rings (SSSR count). The summed E-state index contributed by atoms with van der Waals surface area (Å²) in [5.74, 6) is 1.92. The van der Waals surface area contributed by atoms with Gasteiger partial charge >= 0.3 is 0 Å². The van der Waals surface area contributed by atoms with Crippen molar-refractivity contribution < 1.29 is 9.52 Å². The van der Waals surface area contributed by atoms with E-state index in [0.717, 1.165) is 24.6 Å². The molecule has 92 valence electrons. The topological polar surface area (TPSA) is 36.6 Å². The van der Waals surface area contributed by atoms with Gasteiger partial charge in [-0.3, -0.25) is 4.90 Å². The number of hydrogen-bond donors (Lipinski definition) is 1. The summed E-state index contributed by atoms with van der Waals surface area (Å²) in [4.78, 5) is 2.17. The number of aryl methyl sites for hydroxylation is 1. The van der Waals surface area contributed by atoms with Crippen LogP contribution in [-0.4, -0.2) is 29.7 Å². The Balaban J connectivity index is 2.50.